The van der Waals surface area contributed by atoms with Gasteiger partial charge in [-0.3, -0.25) is 0 Å². The van der Waals surface area contributed by atoms with E-state index in [-0.39, 0.29) is 0 Å². The van der Waals surface area contributed by atoms with E-state index in [1.54, 1.807) is 18.2 Å². The van der Waals surface area contributed by atoms with Crippen molar-refractivity contribution in [3.8, 4) is 11.5 Å². The molecule has 1 aromatic rings. The maximum absolute atomic E-state index is 8.71. The molecule has 0 saturated carbocycles. The van der Waals surface area contributed by atoms with Crippen LogP contribution in [0.5, 0.6) is 11.5 Å². The zero-order chi connectivity index (χ0) is 13.9. The SMILES string of the molecule is CCCCCCCCOc1cccc(OB(O)O)c1. The average molecular weight is 266 g/mol. The summed E-state index contributed by atoms with van der Waals surface area (Å²) in [5.41, 5.74) is 0. The number of unbranched alkanes of at least 4 members (excludes halogenated alkanes) is 5. The molecule has 0 heterocycles. The zero-order valence-electron chi connectivity index (χ0n) is 11.5. The molecule has 0 bridgehead atoms. The van der Waals surface area contributed by atoms with Crippen LogP contribution in [0.25, 0.3) is 0 Å². The van der Waals surface area contributed by atoms with Crippen molar-refractivity contribution < 1.29 is 19.4 Å². The van der Waals surface area contributed by atoms with Crippen LogP contribution in [0.2, 0.25) is 0 Å². The van der Waals surface area contributed by atoms with Gasteiger partial charge in [0.25, 0.3) is 0 Å². The van der Waals surface area contributed by atoms with Gasteiger partial charge in [-0.2, -0.15) is 0 Å². The lowest BCUT2D eigenvalue weighted by molar-refractivity contribution is 0.284. The van der Waals surface area contributed by atoms with Crippen molar-refractivity contribution in [2.24, 2.45) is 0 Å². The minimum Gasteiger partial charge on any atom is -0.512 e. The summed E-state index contributed by atoms with van der Waals surface area (Å²) in [4.78, 5) is 0. The van der Waals surface area contributed by atoms with Crippen LogP contribution < -0.4 is 9.39 Å². The standard InChI is InChI=1S/C14H23BO4/c1-2-3-4-5-6-7-11-18-13-9-8-10-14(12-13)19-15(16)17/h8-10,12,16-17H,2-7,11H2,1H3. The third-order valence-electron chi connectivity index (χ3n) is 2.81. The monoisotopic (exact) mass is 266 g/mol. The molecule has 0 aliphatic rings. The predicted molar refractivity (Wildman–Crippen MR) is 76.1 cm³/mol. The largest absolute Gasteiger partial charge is 0.707 e. The van der Waals surface area contributed by atoms with Crippen LogP contribution in [0.15, 0.2) is 24.3 Å². The van der Waals surface area contributed by atoms with Crippen molar-refractivity contribution >= 4 is 7.32 Å². The van der Waals surface area contributed by atoms with E-state index in [1.165, 1.54) is 32.1 Å². The van der Waals surface area contributed by atoms with Gasteiger partial charge in [-0.15, -0.1) is 0 Å². The summed E-state index contributed by atoms with van der Waals surface area (Å²) in [5, 5.41) is 17.4. The Morgan fingerprint density at radius 1 is 1.00 bits per heavy atom. The van der Waals surface area contributed by atoms with E-state index in [0.717, 1.165) is 6.42 Å². The lowest BCUT2D eigenvalue weighted by atomic mass is 10.1. The van der Waals surface area contributed by atoms with Gasteiger partial charge in [-0.25, -0.2) is 0 Å². The van der Waals surface area contributed by atoms with E-state index in [1.807, 2.05) is 6.07 Å². The lowest BCUT2D eigenvalue weighted by Gasteiger charge is -2.09. The molecule has 5 heteroatoms. The first-order valence-corrected chi connectivity index (χ1v) is 6.98. The van der Waals surface area contributed by atoms with Crippen LogP contribution >= 0.6 is 0 Å². The second-order valence-electron chi connectivity index (χ2n) is 4.54. The molecule has 0 aliphatic heterocycles. The fourth-order valence-corrected chi connectivity index (χ4v) is 1.83. The Morgan fingerprint density at radius 2 is 1.68 bits per heavy atom. The Bertz CT molecular complexity index is 344. The Labute approximate surface area is 115 Å². The van der Waals surface area contributed by atoms with E-state index < -0.39 is 7.32 Å². The van der Waals surface area contributed by atoms with Gasteiger partial charge in [-0.1, -0.05) is 45.1 Å². The van der Waals surface area contributed by atoms with Gasteiger partial charge in [0.2, 0.25) is 0 Å². The Hall–Kier alpha value is -1.20. The molecule has 0 aliphatic carbocycles. The molecule has 0 spiro atoms. The number of ether oxygens (including phenoxy) is 1. The van der Waals surface area contributed by atoms with E-state index >= 15 is 0 Å². The minimum absolute atomic E-state index is 0.385. The van der Waals surface area contributed by atoms with Gasteiger partial charge >= 0.3 is 7.32 Å². The highest BCUT2D eigenvalue weighted by molar-refractivity contribution is 6.33. The smallest absolute Gasteiger partial charge is 0.512 e. The first kappa shape index (κ1) is 15.9. The van der Waals surface area contributed by atoms with E-state index in [0.29, 0.717) is 18.1 Å². The van der Waals surface area contributed by atoms with Crippen LogP contribution in [0.3, 0.4) is 0 Å². The molecule has 0 unspecified atom stereocenters. The van der Waals surface area contributed by atoms with Gasteiger partial charge in [0.05, 0.1) is 6.61 Å². The molecular formula is C14H23BO4. The quantitative estimate of drug-likeness (QED) is 0.505. The summed E-state index contributed by atoms with van der Waals surface area (Å²) in [5.74, 6) is 1.07. The number of benzene rings is 1. The summed E-state index contributed by atoms with van der Waals surface area (Å²) in [6.07, 6.45) is 7.36. The van der Waals surface area contributed by atoms with Crippen LogP contribution in [0.1, 0.15) is 45.4 Å². The van der Waals surface area contributed by atoms with Crippen molar-refractivity contribution in [1.82, 2.24) is 0 Å². The third kappa shape index (κ3) is 7.75. The first-order chi connectivity index (χ1) is 9.22. The number of rotatable bonds is 10. The van der Waals surface area contributed by atoms with Gasteiger partial charge in [-0.05, 0) is 18.6 Å². The van der Waals surface area contributed by atoms with E-state index in [9.17, 15) is 0 Å². The first-order valence-electron chi connectivity index (χ1n) is 6.98. The maximum Gasteiger partial charge on any atom is 0.707 e. The molecule has 19 heavy (non-hydrogen) atoms. The summed E-state index contributed by atoms with van der Waals surface area (Å²) >= 11 is 0. The topological polar surface area (TPSA) is 58.9 Å². The Balaban J connectivity index is 2.18. The third-order valence-corrected chi connectivity index (χ3v) is 2.81. The van der Waals surface area contributed by atoms with Crippen LogP contribution in [0.4, 0.5) is 0 Å². The predicted octanol–water partition coefficient (Wildman–Crippen LogP) is 2.77. The van der Waals surface area contributed by atoms with Crippen molar-refractivity contribution in [3.63, 3.8) is 0 Å². The molecule has 0 radical (unpaired) electrons. The van der Waals surface area contributed by atoms with Crippen LogP contribution in [0, 0.1) is 0 Å². The molecule has 2 N–H and O–H groups in total. The van der Waals surface area contributed by atoms with Crippen molar-refractivity contribution in [2.45, 2.75) is 45.4 Å². The summed E-state index contributed by atoms with van der Waals surface area (Å²) in [6.45, 7) is 2.89. The molecule has 106 valence electrons. The van der Waals surface area contributed by atoms with E-state index in [4.69, 9.17) is 19.4 Å². The van der Waals surface area contributed by atoms with E-state index in [2.05, 4.69) is 6.92 Å². The molecule has 0 saturated heterocycles. The fraction of sp³-hybridized carbons (Fsp3) is 0.571. The molecule has 0 aromatic heterocycles. The Morgan fingerprint density at radius 3 is 2.42 bits per heavy atom. The normalized spacial score (nSPS) is 10.3. The van der Waals surface area contributed by atoms with Crippen molar-refractivity contribution in [1.29, 1.82) is 0 Å². The highest BCUT2D eigenvalue weighted by Gasteiger charge is 2.11. The molecule has 1 aromatic carbocycles. The molecule has 0 atom stereocenters. The lowest BCUT2D eigenvalue weighted by Crippen LogP contribution is -2.20. The minimum atomic E-state index is -1.80. The second-order valence-corrected chi connectivity index (χ2v) is 4.54. The van der Waals surface area contributed by atoms with Gasteiger partial charge < -0.3 is 19.4 Å². The number of hydrogen-bond acceptors (Lipinski definition) is 4. The molecular weight excluding hydrogens is 243 g/mol. The molecule has 0 fully saturated rings. The summed E-state index contributed by atoms with van der Waals surface area (Å²) in [7, 11) is -1.80. The number of hydrogen-bond donors (Lipinski definition) is 2. The average Bonchev–Trinajstić information content (AvgIpc) is 2.37. The van der Waals surface area contributed by atoms with Crippen LogP contribution in [-0.2, 0) is 0 Å². The highest BCUT2D eigenvalue weighted by Crippen LogP contribution is 2.19. The molecule has 4 nitrogen and oxygen atoms in total. The second kappa shape index (κ2) is 9.70. The highest BCUT2D eigenvalue weighted by atomic mass is 16.6. The summed E-state index contributed by atoms with van der Waals surface area (Å²) < 4.78 is 10.3. The zero-order valence-corrected chi connectivity index (χ0v) is 11.5. The fourth-order valence-electron chi connectivity index (χ4n) is 1.83. The van der Waals surface area contributed by atoms with Gasteiger partial charge in [0.1, 0.15) is 11.5 Å². The maximum atomic E-state index is 8.71. The molecule has 0 amide bonds. The van der Waals surface area contributed by atoms with Crippen molar-refractivity contribution in [3.05, 3.63) is 24.3 Å². The van der Waals surface area contributed by atoms with Crippen molar-refractivity contribution in [2.75, 3.05) is 6.61 Å². The van der Waals surface area contributed by atoms with Crippen LogP contribution in [-0.4, -0.2) is 24.0 Å². The van der Waals surface area contributed by atoms with Gasteiger partial charge in [0, 0.05) is 6.07 Å². The summed E-state index contributed by atoms with van der Waals surface area (Å²) in [6, 6.07) is 6.88. The Kier molecular flexibility index (Phi) is 8.10. The van der Waals surface area contributed by atoms with Gasteiger partial charge in [0.15, 0.2) is 0 Å². The molecule has 1 rings (SSSR count).